The standard InChI is InChI=1S/C96H147N25O27S2/c1-47(2)36-65(86(138)110-61(25-29-72(99)123)85(137)118-70(46-150)91(143)115-67(38-49(5)6)90(142)119-78(50(7)8)93(145)111-63(28-32-77(130)131)83(135)112-64(95(147)148)23-16-34-102-96(100)101)114-89(141)69(40-53-42-104-58-21-13-11-19-55(53)58)116-84(136)62(27-31-76(128)129)109-82(134)59(22-14-15-33-97)107-87(139)66(37-48(3)4)117-94(146)79(51(9)122)120-92(144)71-24-17-35-121(71)74(125)44-105-73(124)43-106-81(133)60(26-30-75(126)127)108-88(140)68(113-80(132)56(98)45-149)39-52-41-103-57-20-12-10-18-54(52)57/h10-13,18-21,41-42,47-51,56,59-71,78-79,103-104,122,149-150H,14-17,22-40,43-46,97-98H2,1-9H3,(H2,99,123)(H,105,124)(H,106,133)(H,107,139)(H,108,140)(H,109,134)(H,110,138)(H,111,145)(H,112,135)(H,113,132)(H,114,141)(H,115,143)(H,116,136)(H,117,146)(H,118,137)(H,119,142)(H,120,144)(H,126,127)(H,128,129)(H,130,131)(H,147,148)(H4,100,101,102)/t51-,56+,59+,60+,61+,62+,63+,64+,65+,66+,67+,68+,69+,70+,71+,78+,79+/m1/s1. The van der Waals surface area contributed by atoms with Crippen LogP contribution in [0.15, 0.2) is 60.9 Å². The van der Waals surface area contributed by atoms with Crippen molar-refractivity contribution in [2.75, 3.05) is 44.2 Å². The molecule has 0 unspecified atom stereocenters. The minimum Gasteiger partial charge on any atom is -0.481 e. The molecule has 1 aliphatic rings. The number of carboxylic acid groups (broad SMARTS) is 4. The molecule has 1 aliphatic heterocycles. The number of para-hydroxylation sites is 2. The second-order valence-corrected chi connectivity index (χ2v) is 39.1. The fraction of sp³-hybridized carbons (Fsp3) is 0.594. The van der Waals surface area contributed by atoms with Crippen LogP contribution in [0.5, 0.6) is 0 Å². The van der Waals surface area contributed by atoms with E-state index in [-0.39, 0.29) is 114 Å². The highest BCUT2D eigenvalue weighted by Crippen LogP contribution is 2.25. The highest BCUT2D eigenvalue weighted by atomic mass is 32.1. The number of aromatic nitrogens is 2. The molecule has 2 aromatic carbocycles. The summed E-state index contributed by atoms with van der Waals surface area (Å²) in [6.07, 6.45) is -3.98. The average molecular weight is 2150 g/mol. The number of guanidine groups is 1. The van der Waals surface area contributed by atoms with Crippen molar-refractivity contribution in [2.45, 2.75) is 294 Å². The van der Waals surface area contributed by atoms with Gasteiger partial charge in [-0.3, -0.25) is 106 Å². The predicted octanol–water partition coefficient (Wildman–Crippen LogP) is -4.86. The van der Waals surface area contributed by atoms with Gasteiger partial charge in [-0.25, -0.2) is 4.79 Å². The van der Waals surface area contributed by atoms with Crippen LogP contribution in [0, 0.1) is 29.1 Å². The van der Waals surface area contributed by atoms with Gasteiger partial charge in [0.05, 0.1) is 25.2 Å². The van der Waals surface area contributed by atoms with E-state index in [2.05, 4.69) is 126 Å². The number of nitrogens with two attached hydrogens (primary N) is 4. The fourth-order valence-electron chi connectivity index (χ4n) is 16.2. The second-order valence-electron chi connectivity index (χ2n) is 38.3. The molecule has 54 heteroatoms. The smallest absolute Gasteiger partial charge is 0.326 e. The number of nitrogens with one attached hydrogen (secondary N) is 20. The van der Waals surface area contributed by atoms with Crippen molar-refractivity contribution in [3.8, 4) is 0 Å². The molecule has 0 bridgehead atoms. The van der Waals surface area contributed by atoms with Crippen molar-refractivity contribution in [3.63, 3.8) is 0 Å². The molecule has 0 aliphatic carbocycles. The van der Waals surface area contributed by atoms with Crippen LogP contribution in [-0.2, 0) is 118 Å². The number of benzene rings is 2. The lowest BCUT2D eigenvalue weighted by Crippen LogP contribution is -2.62. The molecule has 0 saturated carbocycles. The van der Waals surface area contributed by atoms with E-state index < -0.39 is 321 Å². The Balaban J connectivity index is 1.33. The Morgan fingerprint density at radius 3 is 1.21 bits per heavy atom. The third-order valence-corrected chi connectivity index (χ3v) is 25.0. The third kappa shape index (κ3) is 43.1. The van der Waals surface area contributed by atoms with Gasteiger partial charge in [0.2, 0.25) is 106 Å². The topological polar surface area (TPSA) is 844 Å². The van der Waals surface area contributed by atoms with E-state index in [1.54, 1.807) is 96.3 Å². The Morgan fingerprint density at radius 1 is 0.413 bits per heavy atom. The number of fused-ring (bicyclic) bond motifs is 2. The summed E-state index contributed by atoms with van der Waals surface area (Å²) >= 11 is 8.38. The third-order valence-electron chi connectivity index (χ3n) is 24.2. The number of nitrogens with zero attached hydrogens (tertiary/aromatic N) is 1. The SMILES string of the molecule is CC(C)C[C@H](NC(=O)[C@H](Cc1c[nH]c2ccccc12)NC(=O)[C@H](CCC(=O)O)NC(=O)[C@H](CCCCN)NC(=O)[C@H](CC(C)C)NC(=O)[C@@H](NC(=O)[C@@H]1CCCN1C(=O)CNC(=O)CNC(=O)[C@H](CCC(=O)O)NC(=O)[C@H](Cc1c[nH]c2ccccc12)NC(=O)[C@@H](N)CS)[C@@H](C)O)C(=O)N[C@@H](CCC(N)=O)C(=O)N[C@@H](CS)C(=O)N[C@@H](CC(C)C)C(=O)N[C@H](C(=O)N[C@@H](CCC(=O)O)C(=O)N[C@@H](CCCNC(=N)N)C(=O)O)C(C)C. The predicted molar refractivity (Wildman–Crippen MR) is 551 cm³/mol. The van der Waals surface area contributed by atoms with E-state index in [9.17, 15) is 121 Å². The lowest BCUT2D eigenvalue weighted by atomic mass is 9.99. The highest BCUT2D eigenvalue weighted by Gasteiger charge is 2.43. The molecule has 150 heavy (non-hydrogen) atoms. The van der Waals surface area contributed by atoms with E-state index in [1.165, 1.54) is 20.0 Å². The van der Waals surface area contributed by atoms with Gasteiger partial charge in [0.25, 0.3) is 0 Å². The number of carbonyl (C=O) groups excluding carboxylic acids is 18. The lowest BCUT2D eigenvalue weighted by molar-refractivity contribution is -0.143. The van der Waals surface area contributed by atoms with E-state index in [4.69, 9.17) is 28.3 Å². The van der Waals surface area contributed by atoms with Crippen molar-refractivity contribution < 1.29 is 131 Å². The van der Waals surface area contributed by atoms with Crippen molar-refractivity contribution in [1.82, 2.24) is 105 Å². The molecule has 0 radical (unpaired) electrons. The molecular weight excluding hydrogens is 2000 g/mol. The first-order chi connectivity index (χ1) is 70.8. The van der Waals surface area contributed by atoms with Gasteiger partial charge in [-0.15, -0.1) is 0 Å². The number of thiol groups is 2. The molecule has 1 saturated heterocycles. The number of aliphatic hydroxyl groups is 1. The minimum atomic E-state index is -1.84. The Kier molecular flexibility index (Phi) is 53.4. The molecule has 4 aromatic rings. The summed E-state index contributed by atoms with van der Waals surface area (Å²) in [6.45, 7) is 12.8. The molecule has 5 rings (SSSR count). The van der Waals surface area contributed by atoms with Crippen LogP contribution in [0.25, 0.3) is 21.8 Å². The summed E-state index contributed by atoms with van der Waals surface area (Å²) in [4.78, 5) is 310. The maximum atomic E-state index is 15.2. The summed E-state index contributed by atoms with van der Waals surface area (Å²) in [7, 11) is 0. The molecule has 1 fully saturated rings. The van der Waals surface area contributed by atoms with Gasteiger partial charge in [-0.1, -0.05) is 91.8 Å². The minimum absolute atomic E-state index is 0.0141. The molecule has 33 N–H and O–H groups in total. The van der Waals surface area contributed by atoms with Gasteiger partial charge < -0.3 is 154 Å². The number of aromatic amines is 2. The van der Waals surface area contributed by atoms with E-state index in [0.717, 1.165) is 11.8 Å². The van der Waals surface area contributed by atoms with Crippen LogP contribution in [0.3, 0.4) is 0 Å². The number of hydrogen-bond acceptors (Lipinski definition) is 28. The maximum Gasteiger partial charge on any atom is 0.326 e. The summed E-state index contributed by atoms with van der Waals surface area (Å²) < 4.78 is 0. The molecule has 18 amide bonds. The first kappa shape index (κ1) is 126. The Labute approximate surface area is 876 Å². The second kappa shape index (κ2) is 63.5. The number of aliphatic hydroxyl groups excluding tert-OH is 1. The monoisotopic (exact) mass is 2150 g/mol. The van der Waals surface area contributed by atoms with Gasteiger partial charge in [0, 0.05) is 97.3 Å². The normalized spacial score (nSPS) is 15.5. The molecule has 0 spiro atoms. The van der Waals surface area contributed by atoms with Gasteiger partial charge in [-0.2, -0.15) is 25.3 Å². The number of aliphatic carboxylic acids is 4. The average Bonchev–Trinajstić information content (AvgIpc) is 1.67. The van der Waals surface area contributed by atoms with Crippen LogP contribution in [0.2, 0.25) is 0 Å². The molecule has 2 aromatic heterocycles. The van der Waals surface area contributed by atoms with Crippen molar-refractivity contribution in [2.24, 2.45) is 46.6 Å². The number of unbranched alkanes of at least 4 members (excludes halogenated alkanes) is 1. The molecular formula is C96H147N25O27S2. The van der Waals surface area contributed by atoms with Crippen LogP contribution in [0.4, 0.5) is 0 Å². The van der Waals surface area contributed by atoms with Gasteiger partial charge >= 0.3 is 23.9 Å². The van der Waals surface area contributed by atoms with Crippen LogP contribution < -0.4 is 113 Å². The zero-order chi connectivity index (χ0) is 112. The fourth-order valence-corrected chi connectivity index (χ4v) is 16.6. The number of rotatable bonds is 68. The Bertz CT molecular complexity index is 5370. The number of carbonyl (C=O) groups is 22. The molecule has 3 heterocycles. The van der Waals surface area contributed by atoms with E-state index in [0.29, 0.717) is 32.9 Å². The number of hydrogen-bond donors (Lipinski definition) is 31. The summed E-state index contributed by atoms with van der Waals surface area (Å²) in [6, 6.07) is -11.2. The van der Waals surface area contributed by atoms with Crippen LogP contribution in [-0.4, -0.2) is 324 Å². The summed E-state index contributed by atoms with van der Waals surface area (Å²) in [5.41, 5.74) is 25.0. The molecule has 17 atom stereocenters. The molecule has 52 nitrogen and oxygen atoms in total. The quantitative estimate of drug-likeness (QED) is 0.00853. The van der Waals surface area contributed by atoms with Crippen LogP contribution >= 0.6 is 25.3 Å². The number of primary amides is 1. The number of likely N-dealkylation sites (tertiary alicyclic amines) is 1. The first-order valence-electron chi connectivity index (χ1n) is 49.6. The zero-order valence-electron chi connectivity index (χ0n) is 85.4. The largest absolute Gasteiger partial charge is 0.481 e. The van der Waals surface area contributed by atoms with E-state index >= 15 is 9.59 Å². The lowest BCUT2D eigenvalue weighted by Gasteiger charge is -2.30. The summed E-state index contributed by atoms with van der Waals surface area (Å²) in [5.74, 6) is -26.6. The van der Waals surface area contributed by atoms with Crippen molar-refractivity contribution in [1.29, 1.82) is 5.41 Å². The van der Waals surface area contributed by atoms with Crippen LogP contribution in [0.1, 0.15) is 189 Å². The van der Waals surface area contributed by atoms with Gasteiger partial charge in [-0.05, 0) is 150 Å². The van der Waals surface area contributed by atoms with E-state index in [1.807, 2.05) is 0 Å². The number of carboxylic acids is 4. The van der Waals surface area contributed by atoms with Gasteiger partial charge in [0.1, 0.15) is 90.6 Å². The Hall–Kier alpha value is -14.3. The number of amides is 18. The van der Waals surface area contributed by atoms with Crippen molar-refractivity contribution in [3.05, 3.63) is 72.1 Å². The summed E-state index contributed by atoms with van der Waals surface area (Å²) in [5, 5.41) is 101. The van der Waals surface area contributed by atoms with Gasteiger partial charge in [0.15, 0.2) is 5.96 Å². The highest BCUT2D eigenvalue weighted by molar-refractivity contribution is 7.80. The zero-order valence-corrected chi connectivity index (χ0v) is 87.1. The van der Waals surface area contributed by atoms with Crippen molar-refractivity contribution >= 4 is 183 Å². The number of H-pyrrole nitrogens is 2. The molecule has 830 valence electrons. The first-order valence-corrected chi connectivity index (χ1v) is 50.8. The Morgan fingerprint density at radius 2 is 0.787 bits per heavy atom. The maximum absolute atomic E-state index is 15.2.